The molecule has 1 aliphatic rings. The maximum atomic E-state index is 12.9. The minimum absolute atomic E-state index is 0.0350. The summed E-state index contributed by atoms with van der Waals surface area (Å²) in [4.78, 5) is 0.274. The van der Waals surface area contributed by atoms with Gasteiger partial charge in [0.1, 0.15) is 4.90 Å². The van der Waals surface area contributed by atoms with Gasteiger partial charge in [0.25, 0.3) is 0 Å². The first-order valence-corrected chi connectivity index (χ1v) is 8.18. The van der Waals surface area contributed by atoms with Crippen LogP contribution in [0.1, 0.15) is 38.7 Å². The van der Waals surface area contributed by atoms with Crippen LogP contribution in [-0.4, -0.2) is 24.8 Å². The van der Waals surface area contributed by atoms with E-state index in [4.69, 9.17) is 5.73 Å². The Balaban J connectivity index is 2.53. The van der Waals surface area contributed by atoms with E-state index in [1.165, 1.54) is 0 Å². The molecule has 1 aromatic carbocycles. The summed E-state index contributed by atoms with van der Waals surface area (Å²) in [7, 11) is -3.51. The third kappa shape index (κ3) is 2.49. The minimum Gasteiger partial charge on any atom is -0.398 e. The second-order valence-electron chi connectivity index (χ2n) is 5.46. The number of nitrogens with two attached hydrogens (primary N) is 1. The summed E-state index contributed by atoms with van der Waals surface area (Å²) in [5.74, 6) is 0. The van der Waals surface area contributed by atoms with Crippen molar-refractivity contribution in [1.82, 2.24) is 4.31 Å². The van der Waals surface area contributed by atoms with E-state index in [9.17, 15) is 8.42 Å². The van der Waals surface area contributed by atoms with Gasteiger partial charge in [0.05, 0.1) is 5.69 Å². The van der Waals surface area contributed by atoms with E-state index in [1.54, 1.807) is 29.4 Å². The summed E-state index contributed by atoms with van der Waals surface area (Å²) in [6.45, 7) is 5.74. The molecule has 0 bridgehead atoms. The highest BCUT2D eigenvalue weighted by Gasteiger charge is 2.37. The number of hydrogen-bond acceptors (Lipinski definition) is 3. The summed E-state index contributed by atoms with van der Waals surface area (Å²) in [5, 5.41) is 0. The van der Waals surface area contributed by atoms with Crippen LogP contribution in [0.3, 0.4) is 0 Å². The Kier molecular flexibility index (Phi) is 3.87. The van der Waals surface area contributed by atoms with Crippen LogP contribution in [0.25, 0.3) is 0 Å². The Bertz CT molecular complexity index is 539. The second-order valence-corrected chi connectivity index (χ2v) is 7.24. The van der Waals surface area contributed by atoms with Crippen LogP contribution in [0.5, 0.6) is 0 Å². The molecule has 0 unspecified atom stereocenters. The first kappa shape index (κ1) is 14.3. The number of sulfonamides is 1. The number of piperidine rings is 1. The number of benzene rings is 1. The molecule has 0 amide bonds. The monoisotopic (exact) mass is 282 g/mol. The standard InChI is InChI=1S/C14H22N2O2S/c1-10-6-4-9-13(15)14(10)19(17,18)16-11(2)7-5-8-12(16)3/h4,6,9,11-12H,5,7-8,15H2,1-3H3/t11-,12+. The summed E-state index contributed by atoms with van der Waals surface area (Å²) in [5.41, 5.74) is 6.95. The molecule has 0 aliphatic carbocycles. The van der Waals surface area contributed by atoms with Gasteiger partial charge in [-0.1, -0.05) is 18.6 Å². The van der Waals surface area contributed by atoms with Crippen LogP contribution in [0.15, 0.2) is 23.1 Å². The van der Waals surface area contributed by atoms with E-state index in [-0.39, 0.29) is 17.0 Å². The highest BCUT2D eigenvalue weighted by Crippen LogP contribution is 2.33. The topological polar surface area (TPSA) is 63.4 Å². The van der Waals surface area contributed by atoms with Crippen molar-refractivity contribution in [1.29, 1.82) is 0 Å². The van der Waals surface area contributed by atoms with Gasteiger partial charge >= 0.3 is 0 Å². The zero-order valence-corrected chi connectivity index (χ0v) is 12.6. The highest BCUT2D eigenvalue weighted by atomic mass is 32.2. The van der Waals surface area contributed by atoms with Crippen molar-refractivity contribution in [3.8, 4) is 0 Å². The van der Waals surface area contributed by atoms with E-state index >= 15 is 0 Å². The fourth-order valence-electron chi connectivity index (χ4n) is 3.00. The number of rotatable bonds is 2. The Hall–Kier alpha value is -1.07. The van der Waals surface area contributed by atoms with E-state index < -0.39 is 10.0 Å². The fourth-order valence-corrected chi connectivity index (χ4v) is 5.21. The molecule has 5 heteroatoms. The highest BCUT2D eigenvalue weighted by molar-refractivity contribution is 7.89. The van der Waals surface area contributed by atoms with Gasteiger partial charge in [0, 0.05) is 12.1 Å². The molecule has 19 heavy (non-hydrogen) atoms. The van der Waals surface area contributed by atoms with Gasteiger partial charge in [-0.25, -0.2) is 8.42 Å². The lowest BCUT2D eigenvalue weighted by Gasteiger charge is -2.38. The summed E-state index contributed by atoms with van der Waals surface area (Å²) in [6.07, 6.45) is 2.91. The lowest BCUT2D eigenvalue weighted by Crippen LogP contribution is -2.47. The van der Waals surface area contributed by atoms with E-state index in [0.29, 0.717) is 11.3 Å². The van der Waals surface area contributed by atoms with Crippen molar-refractivity contribution >= 4 is 15.7 Å². The summed E-state index contributed by atoms with van der Waals surface area (Å²) >= 11 is 0. The average Bonchev–Trinajstić information content (AvgIpc) is 2.27. The van der Waals surface area contributed by atoms with E-state index in [0.717, 1.165) is 19.3 Å². The number of anilines is 1. The lowest BCUT2D eigenvalue weighted by molar-refractivity contribution is 0.204. The molecule has 1 aliphatic heterocycles. The Labute approximate surface area is 115 Å². The van der Waals surface area contributed by atoms with Crippen molar-refractivity contribution in [2.24, 2.45) is 0 Å². The molecule has 2 atom stereocenters. The first-order valence-electron chi connectivity index (χ1n) is 6.74. The van der Waals surface area contributed by atoms with Gasteiger partial charge in [0.15, 0.2) is 0 Å². The summed E-state index contributed by atoms with van der Waals surface area (Å²) in [6, 6.07) is 5.30. The second kappa shape index (κ2) is 5.13. The molecule has 1 saturated heterocycles. The molecule has 1 aromatic rings. The van der Waals surface area contributed by atoms with Gasteiger partial charge in [-0.3, -0.25) is 0 Å². The van der Waals surface area contributed by atoms with Crippen LogP contribution in [0.2, 0.25) is 0 Å². The average molecular weight is 282 g/mol. The molecule has 4 nitrogen and oxygen atoms in total. The van der Waals surface area contributed by atoms with Crippen LogP contribution in [0, 0.1) is 6.92 Å². The van der Waals surface area contributed by atoms with Crippen molar-refractivity contribution < 1.29 is 8.42 Å². The first-order chi connectivity index (χ1) is 8.85. The van der Waals surface area contributed by atoms with Crippen molar-refractivity contribution in [2.75, 3.05) is 5.73 Å². The van der Waals surface area contributed by atoms with Crippen LogP contribution in [0.4, 0.5) is 5.69 Å². The molecule has 2 rings (SSSR count). The fraction of sp³-hybridized carbons (Fsp3) is 0.571. The van der Waals surface area contributed by atoms with Crippen LogP contribution < -0.4 is 5.73 Å². The molecule has 0 spiro atoms. The van der Waals surface area contributed by atoms with Gasteiger partial charge in [-0.05, 0) is 45.2 Å². The molecule has 0 aromatic heterocycles. The third-order valence-corrected chi connectivity index (χ3v) is 6.24. The number of aryl methyl sites for hydroxylation is 1. The Morgan fingerprint density at radius 1 is 1.21 bits per heavy atom. The van der Waals surface area contributed by atoms with Gasteiger partial charge in [-0.15, -0.1) is 0 Å². The molecule has 0 saturated carbocycles. The predicted octanol–water partition coefficient (Wildman–Crippen LogP) is 2.53. The predicted molar refractivity (Wildman–Crippen MR) is 77.4 cm³/mol. The largest absolute Gasteiger partial charge is 0.398 e. The number of nitrogen functional groups attached to an aromatic ring is 1. The smallest absolute Gasteiger partial charge is 0.245 e. The quantitative estimate of drug-likeness (QED) is 0.848. The SMILES string of the molecule is Cc1cccc(N)c1S(=O)(=O)N1[C@H](C)CCC[C@@H]1C. The van der Waals surface area contributed by atoms with Gasteiger partial charge < -0.3 is 5.73 Å². The van der Waals surface area contributed by atoms with Crippen molar-refractivity contribution in [3.05, 3.63) is 23.8 Å². The molecule has 1 heterocycles. The van der Waals surface area contributed by atoms with E-state index in [1.807, 2.05) is 13.8 Å². The molecule has 2 N–H and O–H groups in total. The lowest BCUT2D eigenvalue weighted by atomic mass is 10.0. The maximum absolute atomic E-state index is 12.9. The Morgan fingerprint density at radius 3 is 2.32 bits per heavy atom. The molecular formula is C14H22N2O2S. The van der Waals surface area contributed by atoms with Gasteiger partial charge in [-0.2, -0.15) is 4.31 Å². The number of hydrogen-bond donors (Lipinski definition) is 1. The molecule has 106 valence electrons. The minimum atomic E-state index is -3.51. The van der Waals surface area contributed by atoms with Crippen LogP contribution in [-0.2, 0) is 10.0 Å². The maximum Gasteiger partial charge on any atom is 0.245 e. The zero-order valence-electron chi connectivity index (χ0n) is 11.8. The summed E-state index contributed by atoms with van der Waals surface area (Å²) < 4.78 is 27.4. The molecule has 0 radical (unpaired) electrons. The van der Waals surface area contributed by atoms with Gasteiger partial charge in [0.2, 0.25) is 10.0 Å². The normalized spacial score (nSPS) is 25.4. The van der Waals surface area contributed by atoms with Crippen LogP contribution >= 0.6 is 0 Å². The molecular weight excluding hydrogens is 260 g/mol. The Morgan fingerprint density at radius 2 is 1.79 bits per heavy atom. The van der Waals surface area contributed by atoms with Crippen molar-refractivity contribution in [3.63, 3.8) is 0 Å². The third-order valence-electron chi connectivity index (χ3n) is 3.89. The zero-order chi connectivity index (χ0) is 14.2. The van der Waals surface area contributed by atoms with Crippen molar-refractivity contribution in [2.45, 2.75) is 57.0 Å². The molecule has 1 fully saturated rings. The number of nitrogens with zero attached hydrogens (tertiary/aromatic N) is 1. The van der Waals surface area contributed by atoms with E-state index in [2.05, 4.69) is 0 Å².